The number of piperazine rings is 1. The van der Waals surface area contributed by atoms with Crippen molar-refractivity contribution in [2.75, 3.05) is 65.3 Å². The molecular weight excluding hydrogens is 536 g/mol. The Kier molecular flexibility index (Phi) is 9.36. The van der Waals surface area contributed by atoms with E-state index in [-0.39, 0.29) is 17.0 Å². The number of benzene rings is 2. The lowest BCUT2D eigenvalue weighted by Crippen LogP contribution is -2.53. The maximum atomic E-state index is 13.5. The third-order valence-electron chi connectivity index (χ3n) is 8.61. The van der Waals surface area contributed by atoms with Crippen molar-refractivity contribution in [2.45, 2.75) is 55.2 Å². The van der Waals surface area contributed by atoms with Gasteiger partial charge < -0.3 is 14.8 Å². The monoisotopic (exact) mass is 576 g/mol. The van der Waals surface area contributed by atoms with E-state index in [1.54, 1.807) is 36.7 Å². The molecule has 1 unspecified atom stereocenters. The van der Waals surface area contributed by atoms with Crippen LogP contribution in [-0.2, 0) is 14.8 Å². The lowest BCUT2D eigenvalue weighted by Gasteiger charge is -2.39. The number of ether oxygens (including phenoxy) is 2. The number of methoxy groups -OCH3 is 2. The van der Waals surface area contributed by atoms with E-state index in [1.807, 2.05) is 18.2 Å². The van der Waals surface area contributed by atoms with Crippen molar-refractivity contribution >= 4 is 27.3 Å². The van der Waals surface area contributed by atoms with Gasteiger partial charge in [-0.3, -0.25) is 9.80 Å². The molecule has 39 heavy (non-hydrogen) atoms. The molecular formula is C29H41ClN4O4S. The molecule has 3 atom stereocenters. The molecule has 10 heteroatoms. The molecule has 0 bridgehead atoms. The van der Waals surface area contributed by atoms with Crippen LogP contribution in [0.5, 0.6) is 5.75 Å². The molecule has 3 aliphatic rings. The number of hydrogen-bond acceptors (Lipinski definition) is 7. The molecule has 2 heterocycles. The minimum atomic E-state index is -3.63. The molecule has 0 amide bonds. The number of rotatable bonds is 10. The number of halogens is 1. The second kappa shape index (κ2) is 12.7. The Labute approximate surface area is 238 Å². The average molecular weight is 577 g/mol. The molecule has 0 radical (unpaired) electrons. The Bertz CT molecular complexity index is 1220. The molecule has 2 aliphatic heterocycles. The summed E-state index contributed by atoms with van der Waals surface area (Å²) in [5.41, 5.74) is 1.87. The second-order valence-corrected chi connectivity index (χ2v) is 13.1. The fourth-order valence-electron chi connectivity index (χ4n) is 6.46. The highest BCUT2D eigenvalue weighted by atomic mass is 35.5. The molecule has 2 aromatic rings. The summed E-state index contributed by atoms with van der Waals surface area (Å²) in [6.45, 7) is 5.10. The highest BCUT2D eigenvalue weighted by Crippen LogP contribution is 2.34. The fraction of sp³-hybridized carbons (Fsp3) is 0.586. The third-order valence-corrected chi connectivity index (χ3v) is 10.8. The summed E-state index contributed by atoms with van der Waals surface area (Å²) in [6, 6.07) is 13.7. The molecule has 5 rings (SSSR count). The van der Waals surface area contributed by atoms with Crippen molar-refractivity contribution < 1.29 is 17.9 Å². The maximum absolute atomic E-state index is 13.5. The molecule has 1 aliphatic carbocycles. The molecule has 0 spiro atoms. The molecule has 214 valence electrons. The first-order valence-electron chi connectivity index (χ1n) is 14.1. The summed E-state index contributed by atoms with van der Waals surface area (Å²) >= 11 is 6.66. The SMILES string of the molecule is COc1ccccc1C(CNc1ccc(S(=O)(=O)N2CCN([C@@H]3CCC[C@H]3OC)CC2)cc1Cl)N1CCCC1. The quantitative estimate of drug-likeness (QED) is 0.447. The van der Waals surface area contributed by atoms with Gasteiger partial charge >= 0.3 is 0 Å². The first-order chi connectivity index (χ1) is 18.9. The highest BCUT2D eigenvalue weighted by molar-refractivity contribution is 7.89. The van der Waals surface area contributed by atoms with E-state index in [0.717, 1.165) is 62.4 Å². The number of anilines is 1. The van der Waals surface area contributed by atoms with Gasteiger partial charge in [-0.2, -0.15) is 4.31 Å². The summed E-state index contributed by atoms with van der Waals surface area (Å²) in [6.07, 6.45) is 5.97. The van der Waals surface area contributed by atoms with Crippen LogP contribution in [0.2, 0.25) is 5.02 Å². The number of sulfonamides is 1. The van der Waals surface area contributed by atoms with Crippen LogP contribution in [0.15, 0.2) is 47.4 Å². The topological polar surface area (TPSA) is 74.3 Å². The van der Waals surface area contributed by atoms with E-state index in [4.69, 9.17) is 21.1 Å². The van der Waals surface area contributed by atoms with Crippen LogP contribution in [0.4, 0.5) is 5.69 Å². The molecule has 2 saturated heterocycles. The van der Waals surface area contributed by atoms with Crippen LogP contribution in [0.3, 0.4) is 0 Å². The van der Waals surface area contributed by atoms with E-state index in [2.05, 4.69) is 21.2 Å². The largest absolute Gasteiger partial charge is 0.496 e. The van der Waals surface area contributed by atoms with Gasteiger partial charge in [-0.15, -0.1) is 0 Å². The Hall–Kier alpha value is -1.88. The van der Waals surface area contributed by atoms with Crippen molar-refractivity contribution in [3.05, 3.63) is 53.1 Å². The van der Waals surface area contributed by atoms with E-state index >= 15 is 0 Å². The summed E-state index contributed by atoms with van der Waals surface area (Å²) < 4.78 is 39.9. The number of hydrogen-bond donors (Lipinski definition) is 1. The molecule has 1 saturated carbocycles. The summed E-state index contributed by atoms with van der Waals surface area (Å²) in [5.74, 6) is 0.870. The van der Waals surface area contributed by atoms with Crippen LogP contribution in [0.1, 0.15) is 43.7 Å². The van der Waals surface area contributed by atoms with Gasteiger partial charge in [0.05, 0.1) is 34.9 Å². The van der Waals surface area contributed by atoms with Gasteiger partial charge in [0.15, 0.2) is 0 Å². The van der Waals surface area contributed by atoms with Crippen LogP contribution < -0.4 is 10.1 Å². The molecule has 2 aromatic carbocycles. The number of nitrogens with zero attached hydrogens (tertiary/aromatic N) is 3. The Morgan fingerprint density at radius 2 is 1.72 bits per heavy atom. The first kappa shape index (κ1) is 28.6. The van der Waals surface area contributed by atoms with Crippen LogP contribution in [-0.4, -0.2) is 94.7 Å². The standard InChI is InChI=1S/C29H41ClN4O4S/c1-37-28-10-4-3-8-23(28)27(32-14-5-6-15-32)21-31-25-13-12-22(20-24(25)30)39(35,36)34-18-16-33(17-19-34)26-9-7-11-29(26)38-2/h3-4,8,10,12-13,20,26-27,29,31H,5-7,9,11,14-19,21H2,1-2H3/t26-,27?,29-/m1/s1. The zero-order chi connectivity index (χ0) is 27.4. The summed E-state index contributed by atoms with van der Waals surface area (Å²) in [7, 11) is -0.148. The van der Waals surface area contributed by atoms with Gasteiger partial charge in [-0.1, -0.05) is 29.8 Å². The van der Waals surface area contributed by atoms with E-state index < -0.39 is 10.0 Å². The van der Waals surface area contributed by atoms with E-state index in [9.17, 15) is 8.42 Å². The van der Waals surface area contributed by atoms with Crippen molar-refractivity contribution in [3.63, 3.8) is 0 Å². The molecule has 0 aromatic heterocycles. The zero-order valence-electron chi connectivity index (χ0n) is 23.0. The predicted octanol–water partition coefficient (Wildman–Crippen LogP) is 4.47. The second-order valence-electron chi connectivity index (χ2n) is 10.7. The van der Waals surface area contributed by atoms with Crippen molar-refractivity contribution in [2.24, 2.45) is 0 Å². The average Bonchev–Trinajstić information content (AvgIpc) is 3.67. The Morgan fingerprint density at radius 3 is 2.41 bits per heavy atom. The van der Waals surface area contributed by atoms with Gasteiger partial charge in [-0.05, 0) is 69.5 Å². The first-order valence-corrected chi connectivity index (χ1v) is 15.9. The third kappa shape index (κ3) is 6.24. The van der Waals surface area contributed by atoms with Gasteiger partial charge in [0.25, 0.3) is 0 Å². The highest BCUT2D eigenvalue weighted by Gasteiger charge is 2.36. The van der Waals surface area contributed by atoms with E-state index in [1.165, 1.54) is 12.8 Å². The molecule has 8 nitrogen and oxygen atoms in total. The normalized spacial score (nSPS) is 24.2. The number of para-hydroxylation sites is 1. The van der Waals surface area contributed by atoms with Crippen LogP contribution in [0.25, 0.3) is 0 Å². The number of nitrogens with one attached hydrogen (secondary N) is 1. The van der Waals surface area contributed by atoms with Crippen molar-refractivity contribution in [3.8, 4) is 5.75 Å². The lowest BCUT2D eigenvalue weighted by atomic mass is 10.0. The lowest BCUT2D eigenvalue weighted by molar-refractivity contribution is 0.0206. The van der Waals surface area contributed by atoms with Crippen molar-refractivity contribution in [1.82, 2.24) is 14.1 Å². The molecule has 3 fully saturated rings. The maximum Gasteiger partial charge on any atom is 0.243 e. The van der Waals surface area contributed by atoms with Crippen LogP contribution in [0, 0.1) is 0 Å². The van der Waals surface area contributed by atoms with Crippen molar-refractivity contribution in [1.29, 1.82) is 0 Å². The van der Waals surface area contributed by atoms with Gasteiger partial charge in [0.1, 0.15) is 5.75 Å². The zero-order valence-corrected chi connectivity index (χ0v) is 24.6. The number of likely N-dealkylation sites (tertiary alicyclic amines) is 1. The van der Waals surface area contributed by atoms with E-state index in [0.29, 0.717) is 30.7 Å². The summed E-state index contributed by atoms with van der Waals surface area (Å²) in [4.78, 5) is 5.10. The van der Waals surface area contributed by atoms with Gasteiger partial charge in [0, 0.05) is 51.4 Å². The summed E-state index contributed by atoms with van der Waals surface area (Å²) in [5, 5.41) is 3.89. The smallest absolute Gasteiger partial charge is 0.243 e. The predicted molar refractivity (Wildman–Crippen MR) is 155 cm³/mol. The van der Waals surface area contributed by atoms with Gasteiger partial charge in [-0.25, -0.2) is 8.42 Å². The minimum absolute atomic E-state index is 0.122. The fourth-order valence-corrected chi connectivity index (χ4v) is 8.22. The van der Waals surface area contributed by atoms with Gasteiger partial charge in [0.2, 0.25) is 10.0 Å². The minimum Gasteiger partial charge on any atom is -0.496 e. The van der Waals surface area contributed by atoms with Crippen LogP contribution >= 0.6 is 11.6 Å². The molecule has 1 N–H and O–H groups in total. The Morgan fingerprint density at radius 1 is 0.974 bits per heavy atom. The Balaban J connectivity index is 1.25.